The summed E-state index contributed by atoms with van der Waals surface area (Å²) >= 11 is 0. The number of halogens is 2. The molecule has 0 spiro atoms. The van der Waals surface area contributed by atoms with Crippen LogP contribution in [0, 0.1) is 19.7 Å². The van der Waals surface area contributed by atoms with Gasteiger partial charge in [-0.3, -0.25) is 4.99 Å². The van der Waals surface area contributed by atoms with E-state index in [1.54, 1.807) is 13.1 Å². The highest BCUT2D eigenvalue weighted by Gasteiger charge is 2.09. The number of fused-ring (bicyclic) bond motifs is 1. The number of aromatic nitrogens is 2. The van der Waals surface area contributed by atoms with Crippen molar-refractivity contribution >= 4 is 40.8 Å². The molecule has 2 heterocycles. The van der Waals surface area contributed by atoms with Gasteiger partial charge in [0.05, 0.1) is 5.69 Å². The maximum Gasteiger partial charge on any atom is 0.191 e. The maximum absolute atomic E-state index is 13.2. The number of aromatic amines is 1. The van der Waals surface area contributed by atoms with Crippen molar-refractivity contribution in [2.75, 3.05) is 13.6 Å². The van der Waals surface area contributed by atoms with Crippen molar-refractivity contribution in [3.63, 3.8) is 0 Å². The van der Waals surface area contributed by atoms with Crippen LogP contribution in [0.4, 0.5) is 4.39 Å². The SMILES string of the molecule is CN=C(NCCc1c[nH]c2cc(F)ccc12)NCc1c(C)noc1C.I. The number of rotatable bonds is 5. The summed E-state index contributed by atoms with van der Waals surface area (Å²) in [6, 6.07) is 4.80. The molecule has 0 amide bonds. The highest BCUT2D eigenvalue weighted by molar-refractivity contribution is 14.0. The smallest absolute Gasteiger partial charge is 0.191 e. The van der Waals surface area contributed by atoms with Crippen molar-refractivity contribution in [1.82, 2.24) is 20.8 Å². The Morgan fingerprint density at radius 3 is 2.81 bits per heavy atom. The molecule has 0 fully saturated rings. The molecule has 0 aliphatic rings. The summed E-state index contributed by atoms with van der Waals surface area (Å²) in [5, 5.41) is 11.5. The minimum absolute atomic E-state index is 0. The van der Waals surface area contributed by atoms with Crippen LogP contribution in [-0.4, -0.2) is 29.7 Å². The van der Waals surface area contributed by atoms with Gasteiger partial charge in [0, 0.05) is 42.8 Å². The molecule has 6 nitrogen and oxygen atoms in total. The second kappa shape index (κ2) is 9.02. The Balaban J connectivity index is 0.00000243. The first-order valence-electron chi connectivity index (χ1n) is 8.20. The number of hydrogen-bond donors (Lipinski definition) is 3. The van der Waals surface area contributed by atoms with Crippen LogP contribution in [-0.2, 0) is 13.0 Å². The summed E-state index contributed by atoms with van der Waals surface area (Å²) in [5.74, 6) is 1.29. The Morgan fingerprint density at radius 1 is 1.31 bits per heavy atom. The van der Waals surface area contributed by atoms with Crippen LogP contribution in [0.5, 0.6) is 0 Å². The molecule has 0 atom stereocenters. The van der Waals surface area contributed by atoms with Crippen LogP contribution in [0.2, 0.25) is 0 Å². The number of guanidine groups is 1. The van der Waals surface area contributed by atoms with E-state index in [2.05, 4.69) is 25.8 Å². The molecule has 0 aliphatic carbocycles. The Kier molecular flexibility index (Phi) is 7.01. The number of hydrogen-bond acceptors (Lipinski definition) is 3. The van der Waals surface area contributed by atoms with Crippen molar-refractivity contribution in [3.05, 3.63) is 52.8 Å². The van der Waals surface area contributed by atoms with Gasteiger partial charge in [-0.1, -0.05) is 5.16 Å². The molecule has 1 aromatic carbocycles. The van der Waals surface area contributed by atoms with E-state index in [0.29, 0.717) is 19.0 Å². The Morgan fingerprint density at radius 2 is 2.12 bits per heavy atom. The minimum atomic E-state index is -0.233. The first kappa shape index (κ1) is 20.2. The van der Waals surface area contributed by atoms with Gasteiger partial charge in [-0.25, -0.2) is 4.39 Å². The van der Waals surface area contributed by atoms with E-state index in [9.17, 15) is 4.39 Å². The van der Waals surface area contributed by atoms with Crippen LogP contribution < -0.4 is 10.6 Å². The quantitative estimate of drug-likeness (QED) is 0.303. The highest BCUT2D eigenvalue weighted by atomic mass is 127. The van der Waals surface area contributed by atoms with Gasteiger partial charge in [0.2, 0.25) is 0 Å². The monoisotopic (exact) mass is 471 g/mol. The van der Waals surface area contributed by atoms with E-state index in [1.807, 2.05) is 20.0 Å². The molecular weight excluding hydrogens is 448 g/mol. The predicted octanol–water partition coefficient (Wildman–Crippen LogP) is 3.44. The lowest BCUT2D eigenvalue weighted by Gasteiger charge is -2.11. The number of aryl methyl sites for hydroxylation is 2. The third-order valence-corrected chi connectivity index (χ3v) is 4.25. The Hall–Kier alpha value is -2.10. The van der Waals surface area contributed by atoms with Crippen molar-refractivity contribution in [2.45, 2.75) is 26.8 Å². The summed E-state index contributed by atoms with van der Waals surface area (Å²) in [7, 11) is 1.73. The van der Waals surface area contributed by atoms with Gasteiger partial charge in [0.15, 0.2) is 5.96 Å². The third-order valence-electron chi connectivity index (χ3n) is 4.25. The first-order valence-corrected chi connectivity index (χ1v) is 8.20. The molecule has 0 unspecified atom stereocenters. The van der Waals surface area contributed by atoms with E-state index < -0.39 is 0 Å². The minimum Gasteiger partial charge on any atom is -0.361 e. The fourth-order valence-corrected chi connectivity index (χ4v) is 2.83. The second-order valence-electron chi connectivity index (χ2n) is 5.91. The molecule has 3 N–H and O–H groups in total. The maximum atomic E-state index is 13.2. The molecule has 3 aromatic rings. The zero-order valence-electron chi connectivity index (χ0n) is 15.0. The predicted molar refractivity (Wildman–Crippen MR) is 112 cm³/mol. The number of aliphatic imine (C=N–C) groups is 1. The molecular formula is C18H23FIN5O. The summed E-state index contributed by atoms with van der Waals surface area (Å²) in [5.41, 5.74) is 3.88. The summed E-state index contributed by atoms with van der Waals surface area (Å²) < 4.78 is 18.4. The highest BCUT2D eigenvalue weighted by Crippen LogP contribution is 2.19. The first-order chi connectivity index (χ1) is 12.1. The van der Waals surface area contributed by atoms with E-state index in [-0.39, 0.29) is 29.8 Å². The third kappa shape index (κ3) is 4.54. The van der Waals surface area contributed by atoms with Crippen molar-refractivity contribution in [1.29, 1.82) is 0 Å². The van der Waals surface area contributed by atoms with E-state index in [1.165, 1.54) is 12.1 Å². The van der Waals surface area contributed by atoms with Crippen molar-refractivity contribution in [2.24, 2.45) is 4.99 Å². The molecule has 0 aliphatic heterocycles. The Bertz CT molecular complexity index is 883. The van der Waals surface area contributed by atoms with Gasteiger partial charge in [0.25, 0.3) is 0 Å². The number of nitrogens with one attached hydrogen (secondary N) is 3. The van der Waals surface area contributed by atoms with E-state index in [4.69, 9.17) is 4.52 Å². The van der Waals surface area contributed by atoms with Crippen LogP contribution >= 0.6 is 24.0 Å². The fourth-order valence-electron chi connectivity index (χ4n) is 2.83. The molecule has 2 aromatic heterocycles. The van der Waals surface area contributed by atoms with E-state index in [0.717, 1.165) is 39.9 Å². The normalized spacial score (nSPS) is 11.5. The van der Waals surface area contributed by atoms with Crippen LogP contribution in [0.15, 0.2) is 33.9 Å². The average Bonchev–Trinajstić information content (AvgIpc) is 3.14. The zero-order valence-corrected chi connectivity index (χ0v) is 17.3. The standard InChI is InChI=1S/C18H22FN5O.HI/c1-11-16(12(2)25-24-11)10-23-18(20-3)21-7-6-13-9-22-17-8-14(19)4-5-15(13)17;/h4-5,8-9,22H,6-7,10H2,1-3H3,(H2,20,21,23);1H. The molecule has 0 saturated heterocycles. The van der Waals surface area contributed by atoms with Gasteiger partial charge >= 0.3 is 0 Å². The van der Waals surface area contributed by atoms with Gasteiger partial charge in [0.1, 0.15) is 11.6 Å². The number of nitrogens with zero attached hydrogens (tertiary/aromatic N) is 2. The largest absolute Gasteiger partial charge is 0.361 e. The molecule has 8 heteroatoms. The average molecular weight is 471 g/mol. The molecule has 0 radical (unpaired) electrons. The van der Waals surface area contributed by atoms with Crippen LogP contribution in [0.1, 0.15) is 22.6 Å². The lowest BCUT2D eigenvalue weighted by molar-refractivity contribution is 0.392. The van der Waals surface area contributed by atoms with Crippen molar-refractivity contribution in [3.8, 4) is 0 Å². The van der Waals surface area contributed by atoms with Crippen molar-refractivity contribution < 1.29 is 8.91 Å². The van der Waals surface area contributed by atoms with Crippen LogP contribution in [0.3, 0.4) is 0 Å². The molecule has 0 bridgehead atoms. The molecule has 26 heavy (non-hydrogen) atoms. The number of H-pyrrole nitrogens is 1. The Labute approximate surface area is 168 Å². The van der Waals surface area contributed by atoms with Gasteiger partial charge < -0.3 is 20.1 Å². The second-order valence-corrected chi connectivity index (χ2v) is 5.91. The molecule has 0 saturated carbocycles. The molecule has 140 valence electrons. The van der Waals surface area contributed by atoms with Gasteiger partial charge in [-0.05, 0) is 44.0 Å². The van der Waals surface area contributed by atoms with Gasteiger partial charge in [-0.15, -0.1) is 24.0 Å². The summed E-state index contributed by atoms with van der Waals surface area (Å²) in [6.07, 6.45) is 2.73. The number of benzene rings is 1. The summed E-state index contributed by atoms with van der Waals surface area (Å²) in [6.45, 7) is 5.13. The van der Waals surface area contributed by atoms with Gasteiger partial charge in [-0.2, -0.15) is 0 Å². The lowest BCUT2D eigenvalue weighted by atomic mass is 10.1. The topological polar surface area (TPSA) is 78.2 Å². The zero-order chi connectivity index (χ0) is 17.8. The van der Waals surface area contributed by atoms with Crippen LogP contribution in [0.25, 0.3) is 10.9 Å². The fraction of sp³-hybridized carbons (Fsp3) is 0.333. The van der Waals surface area contributed by atoms with E-state index >= 15 is 0 Å². The molecule has 3 rings (SSSR count). The summed E-state index contributed by atoms with van der Waals surface area (Å²) in [4.78, 5) is 7.33. The lowest BCUT2D eigenvalue weighted by Crippen LogP contribution is -2.38.